The minimum absolute atomic E-state index is 0.859. The summed E-state index contributed by atoms with van der Waals surface area (Å²) in [5, 5.41) is 0.980. The van der Waals surface area contributed by atoms with Crippen molar-refractivity contribution in [1.29, 1.82) is 0 Å². The second-order valence-electron chi connectivity index (χ2n) is 3.60. The lowest BCUT2D eigenvalue weighted by molar-refractivity contribution is 1.22. The van der Waals surface area contributed by atoms with Crippen molar-refractivity contribution < 1.29 is 0 Å². The molecule has 3 N–H and O–H groups in total. The molecule has 0 aliphatic rings. The minimum atomic E-state index is 0.859. The Balaban J connectivity index is 0.000000169. The van der Waals surface area contributed by atoms with E-state index >= 15 is 0 Å². The second-order valence-corrected chi connectivity index (χ2v) is 3.60. The summed E-state index contributed by atoms with van der Waals surface area (Å²) in [5.74, 6) is 5.25. The Morgan fingerprint density at radius 3 is 2.22 bits per heavy atom. The van der Waals surface area contributed by atoms with Crippen LogP contribution in [-0.4, -0.2) is 9.97 Å². The van der Waals surface area contributed by atoms with Gasteiger partial charge in [-0.1, -0.05) is 36.4 Å². The normalized spacial score (nSPS) is 9.39. The number of hydrogen-bond acceptors (Lipinski definition) is 4. The summed E-state index contributed by atoms with van der Waals surface area (Å²) in [7, 11) is 0. The van der Waals surface area contributed by atoms with Crippen molar-refractivity contribution in [2.24, 2.45) is 5.84 Å². The minimum Gasteiger partial charge on any atom is -0.324 e. The van der Waals surface area contributed by atoms with E-state index in [0.717, 1.165) is 16.6 Å². The van der Waals surface area contributed by atoms with Crippen LogP contribution in [0.3, 0.4) is 0 Å². The number of nitrogens with zero attached hydrogens (tertiary/aromatic N) is 2. The molecule has 0 aliphatic heterocycles. The average molecular weight is 238 g/mol. The van der Waals surface area contributed by atoms with Crippen LogP contribution in [0.15, 0.2) is 67.1 Å². The van der Waals surface area contributed by atoms with Crippen molar-refractivity contribution in [2.45, 2.75) is 0 Å². The molecule has 1 heterocycles. The quantitative estimate of drug-likeness (QED) is 0.505. The molecule has 3 rings (SSSR count). The van der Waals surface area contributed by atoms with Crippen molar-refractivity contribution in [3.8, 4) is 0 Å². The van der Waals surface area contributed by atoms with Gasteiger partial charge in [-0.25, -0.2) is 9.97 Å². The topological polar surface area (TPSA) is 63.8 Å². The first kappa shape index (κ1) is 12.0. The van der Waals surface area contributed by atoms with Gasteiger partial charge >= 0.3 is 0 Å². The largest absolute Gasteiger partial charge is 0.324 e. The smallest absolute Gasteiger partial charge is 0.116 e. The van der Waals surface area contributed by atoms with Crippen LogP contribution >= 0.6 is 0 Å². The van der Waals surface area contributed by atoms with Gasteiger partial charge in [0.25, 0.3) is 0 Å². The number of hydrazine groups is 1. The summed E-state index contributed by atoms with van der Waals surface area (Å²) in [6, 6.07) is 17.7. The van der Waals surface area contributed by atoms with Crippen LogP contribution in [0, 0.1) is 0 Å². The first-order valence-corrected chi connectivity index (χ1v) is 5.56. The standard InChI is InChI=1S/C8H8N4.C6H6/c9-12-7-1-2-8-6(3-7)4-10-5-11-8;1-2-4-6-5-3-1/h1-5,12H,9H2;1-6H. The molecule has 0 radical (unpaired) electrons. The molecule has 0 amide bonds. The predicted octanol–water partition coefficient (Wildman–Crippen LogP) is 2.60. The molecule has 0 bridgehead atoms. The molecule has 1 aromatic heterocycles. The first-order valence-electron chi connectivity index (χ1n) is 5.56. The number of nitrogen functional groups attached to an aromatic ring is 1. The molecular weight excluding hydrogens is 224 g/mol. The number of aromatic nitrogens is 2. The number of anilines is 1. The van der Waals surface area contributed by atoms with Crippen molar-refractivity contribution in [2.75, 3.05) is 5.43 Å². The van der Waals surface area contributed by atoms with Gasteiger partial charge in [0, 0.05) is 17.3 Å². The van der Waals surface area contributed by atoms with E-state index in [1.807, 2.05) is 54.6 Å². The first-order chi connectivity index (χ1) is 8.90. The lowest BCUT2D eigenvalue weighted by atomic mass is 10.2. The third kappa shape index (κ3) is 3.26. The maximum atomic E-state index is 5.25. The number of benzene rings is 2. The van der Waals surface area contributed by atoms with E-state index in [0.29, 0.717) is 0 Å². The highest BCUT2D eigenvalue weighted by Crippen LogP contribution is 2.14. The van der Waals surface area contributed by atoms with Gasteiger partial charge in [0.15, 0.2) is 0 Å². The summed E-state index contributed by atoms with van der Waals surface area (Å²) < 4.78 is 0. The molecule has 2 aromatic carbocycles. The lowest BCUT2D eigenvalue weighted by Crippen LogP contribution is -2.06. The highest BCUT2D eigenvalue weighted by Gasteiger charge is 1.94. The zero-order chi connectivity index (χ0) is 12.6. The van der Waals surface area contributed by atoms with Gasteiger partial charge in [-0.05, 0) is 18.2 Å². The van der Waals surface area contributed by atoms with Gasteiger partial charge < -0.3 is 5.43 Å². The maximum Gasteiger partial charge on any atom is 0.116 e. The molecule has 4 nitrogen and oxygen atoms in total. The summed E-state index contributed by atoms with van der Waals surface area (Å²) in [5.41, 5.74) is 4.34. The highest BCUT2D eigenvalue weighted by molar-refractivity contribution is 5.81. The Morgan fingerprint density at radius 1 is 0.944 bits per heavy atom. The van der Waals surface area contributed by atoms with E-state index in [-0.39, 0.29) is 0 Å². The molecule has 90 valence electrons. The number of fused-ring (bicyclic) bond motifs is 1. The van der Waals surface area contributed by atoms with Crippen molar-refractivity contribution in [1.82, 2.24) is 9.97 Å². The molecule has 0 saturated carbocycles. The van der Waals surface area contributed by atoms with E-state index in [9.17, 15) is 0 Å². The SMILES string of the molecule is NNc1ccc2ncncc2c1.c1ccccc1. The molecule has 0 spiro atoms. The molecule has 0 unspecified atom stereocenters. The molecule has 18 heavy (non-hydrogen) atoms. The van der Waals surface area contributed by atoms with Crippen molar-refractivity contribution in [3.63, 3.8) is 0 Å². The Kier molecular flexibility index (Phi) is 4.22. The van der Waals surface area contributed by atoms with Crippen LogP contribution in [0.2, 0.25) is 0 Å². The molecule has 0 atom stereocenters. The summed E-state index contributed by atoms with van der Waals surface area (Å²) >= 11 is 0. The van der Waals surface area contributed by atoms with Crippen LogP contribution in [0.1, 0.15) is 0 Å². The monoisotopic (exact) mass is 238 g/mol. The lowest BCUT2D eigenvalue weighted by Gasteiger charge is -2.00. The molecule has 0 fully saturated rings. The van der Waals surface area contributed by atoms with Gasteiger partial charge in [-0.3, -0.25) is 5.84 Å². The predicted molar refractivity (Wildman–Crippen MR) is 73.8 cm³/mol. The molecule has 0 saturated heterocycles. The van der Waals surface area contributed by atoms with Gasteiger partial charge in [0.2, 0.25) is 0 Å². The van der Waals surface area contributed by atoms with Gasteiger partial charge in [-0.15, -0.1) is 0 Å². The van der Waals surface area contributed by atoms with E-state index < -0.39 is 0 Å². The van der Waals surface area contributed by atoms with E-state index in [2.05, 4.69) is 15.4 Å². The average Bonchev–Trinajstić information content (AvgIpc) is 2.49. The van der Waals surface area contributed by atoms with Gasteiger partial charge in [0.05, 0.1) is 5.52 Å². The van der Waals surface area contributed by atoms with Crippen molar-refractivity contribution >= 4 is 16.6 Å². The summed E-state index contributed by atoms with van der Waals surface area (Å²) in [6.07, 6.45) is 3.28. The fourth-order valence-electron chi connectivity index (χ4n) is 1.46. The fraction of sp³-hybridized carbons (Fsp3) is 0. The van der Waals surface area contributed by atoms with Crippen LogP contribution in [0.4, 0.5) is 5.69 Å². The summed E-state index contributed by atoms with van der Waals surface area (Å²) in [4.78, 5) is 7.99. The van der Waals surface area contributed by atoms with Crippen LogP contribution in [0.5, 0.6) is 0 Å². The number of nitrogens with two attached hydrogens (primary N) is 1. The highest BCUT2D eigenvalue weighted by atomic mass is 15.2. The zero-order valence-electron chi connectivity index (χ0n) is 9.82. The number of nitrogens with one attached hydrogen (secondary N) is 1. The third-order valence-corrected chi connectivity index (χ3v) is 2.34. The Hall–Kier alpha value is -2.46. The fourth-order valence-corrected chi connectivity index (χ4v) is 1.46. The summed E-state index contributed by atoms with van der Waals surface area (Å²) in [6.45, 7) is 0. The van der Waals surface area contributed by atoms with Crippen LogP contribution in [0.25, 0.3) is 10.9 Å². The van der Waals surface area contributed by atoms with Crippen LogP contribution < -0.4 is 11.3 Å². The van der Waals surface area contributed by atoms with Gasteiger partial charge in [-0.2, -0.15) is 0 Å². The van der Waals surface area contributed by atoms with E-state index in [1.54, 1.807) is 6.20 Å². The second kappa shape index (κ2) is 6.32. The number of rotatable bonds is 1. The molecule has 4 heteroatoms. The Morgan fingerprint density at radius 2 is 1.61 bits per heavy atom. The maximum absolute atomic E-state index is 5.25. The van der Waals surface area contributed by atoms with E-state index in [1.165, 1.54) is 6.33 Å². The van der Waals surface area contributed by atoms with Crippen LogP contribution in [-0.2, 0) is 0 Å². The van der Waals surface area contributed by atoms with Crippen molar-refractivity contribution in [3.05, 3.63) is 67.1 Å². The molecule has 3 aromatic rings. The Labute approximate surface area is 105 Å². The zero-order valence-corrected chi connectivity index (χ0v) is 9.82. The van der Waals surface area contributed by atoms with E-state index in [4.69, 9.17) is 5.84 Å². The molecule has 0 aliphatic carbocycles. The molecular formula is C14H14N4. The van der Waals surface area contributed by atoms with Gasteiger partial charge in [0.1, 0.15) is 6.33 Å². The number of hydrogen-bond donors (Lipinski definition) is 2. The third-order valence-electron chi connectivity index (χ3n) is 2.34. The Bertz CT molecular complexity index is 569.